The maximum absolute atomic E-state index is 12.1. The fourth-order valence-electron chi connectivity index (χ4n) is 2.08. The van der Waals surface area contributed by atoms with E-state index in [2.05, 4.69) is 10.2 Å². The van der Waals surface area contributed by atoms with Crippen LogP contribution in [0, 0.1) is 0 Å². The summed E-state index contributed by atoms with van der Waals surface area (Å²) in [5, 5.41) is 15.0. The highest BCUT2D eigenvalue weighted by Gasteiger charge is 2.25. The molecule has 1 aromatic heterocycles. The van der Waals surface area contributed by atoms with Gasteiger partial charge in [-0.15, -0.1) is 0 Å². The average molecular weight is 254 g/mol. The van der Waals surface area contributed by atoms with Crippen molar-refractivity contribution >= 4 is 11.7 Å². The number of nitrogen functional groups attached to an aromatic ring is 1. The van der Waals surface area contributed by atoms with Gasteiger partial charge in [-0.1, -0.05) is 0 Å². The fourth-order valence-corrected chi connectivity index (χ4v) is 2.08. The first-order chi connectivity index (χ1) is 8.72. The summed E-state index contributed by atoms with van der Waals surface area (Å²) < 4.78 is 5.44. The molecule has 1 amide bonds. The quantitative estimate of drug-likeness (QED) is 0.678. The summed E-state index contributed by atoms with van der Waals surface area (Å²) in [6.07, 6.45) is 3.14. The minimum absolute atomic E-state index is 0.0324. The van der Waals surface area contributed by atoms with Gasteiger partial charge in [-0.05, 0) is 12.8 Å². The second-order valence-electron chi connectivity index (χ2n) is 4.28. The Morgan fingerprint density at radius 2 is 2.33 bits per heavy atom. The van der Waals surface area contributed by atoms with E-state index < -0.39 is 0 Å². The molecule has 0 aliphatic carbocycles. The summed E-state index contributed by atoms with van der Waals surface area (Å²) in [6, 6.07) is 0. The van der Waals surface area contributed by atoms with Crippen LogP contribution in [-0.2, 0) is 4.74 Å². The predicted octanol–water partition coefficient (Wildman–Crippen LogP) is -0.395. The largest absolute Gasteiger partial charge is 0.394 e. The third-order valence-corrected chi connectivity index (χ3v) is 3.07. The van der Waals surface area contributed by atoms with Gasteiger partial charge < -0.3 is 20.5 Å². The number of rotatable bonds is 4. The second kappa shape index (κ2) is 5.83. The Bertz CT molecular complexity index is 399. The van der Waals surface area contributed by atoms with E-state index in [-0.39, 0.29) is 18.6 Å². The van der Waals surface area contributed by atoms with Crippen LogP contribution in [0.5, 0.6) is 0 Å². The number of carbonyl (C=O) groups is 1. The maximum Gasteiger partial charge on any atom is 0.259 e. The molecule has 0 unspecified atom stereocenters. The Morgan fingerprint density at radius 1 is 1.61 bits per heavy atom. The minimum atomic E-state index is -0.0955. The van der Waals surface area contributed by atoms with E-state index in [9.17, 15) is 4.79 Å². The molecule has 1 aliphatic rings. The van der Waals surface area contributed by atoms with Crippen LogP contribution in [0.1, 0.15) is 23.2 Å². The number of likely N-dealkylation sites (tertiary alicyclic amines) is 1. The first kappa shape index (κ1) is 12.8. The molecule has 1 aromatic rings. The van der Waals surface area contributed by atoms with Gasteiger partial charge in [0.25, 0.3) is 5.91 Å². The Hall–Kier alpha value is -1.60. The molecule has 0 aromatic carbocycles. The monoisotopic (exact) mass is 254 g/mol. The summed E-state index contributed by atoms with van der Waals surface area (Å²) in [5.41, 5.74) is 6.04. The summed E-state index contributed by atoms with van der Waals surface area (Å²) in [7, 11) is 0. The lowest BCUT2D eigenvalue weighted by Crippen LogP contribution is -2.41. The standard InChI is InChI=1S/C11H18N4O3/c12-10-9(7-13-14-10)11(17)15-3-1-8(2-4-15)18-6-5-16/h7-8,16H,1-6H2,(H3,12,13,14). The fraction of sp³-hybridized carbons (Fsp3) is 0.636. The van der Waals surface area contributed by atoms with Gasteiger partial charge in [-0.25, -0.2) is 0 Å². The van der Waals surface area contributed by atoms with Gasteiger partial charge in [0.2, 0.25) is 0 Å². The number of anilines is 1. The number of amides is 1. The number of piperidine rings is 1. The van der Waals surface area contributed by atoms with Crippen LogP contribution >= 0.6 is 0 Å². The molecule has 1 fully saturated rings. The van der Waals surface area contributed by atoms with Crippen LogP contribution in [0.3, 0.4) is 0 Å². The summed E-state index contributed by atoms with van der Waals surface area (Å²) in [6.45, 7) is 1.66. The predicted molar refractivity (Wildman–Crippen MR) is 65.0 cm³/mol. The van der Waals surface area contributed by atoms with Crippen LogP contribution in [0.15, 0.2) is 6.20 Å². The number of nitrogens with two attached hydrogens (primary N) is 1. The van der Waals surface area contributed by atoms with Crippen molar-refractivity contribution in [2.75, 3.05) is 32.0 Å². The van der Waals surface area contributed by atoms with Gasteiger partial charge in [0.05, 0.1) is 25.5 Å². The van der Waals surface area contributed by atoms with Crippen LogP contribution in [0.25, 0.3) is 0 Å². The van der Waals surface area contributed by atoms with Gasteiger partial charge >= 0.3 is 0 Å². The third kappa shape index (κ3) is 2.80. The van der Waals surface area contributed by atoms with Gasteiger partial charge in [0.15, 0.2) is 0 Å². The zero-order valence-corrected chi connectivity index (χ0v) is 10.1. The van der Waals surface area contributed by atoms with Gasteiger partial charge in [0.1, 0.15) is 11.4 Å². The molecule has 0 atom stereocenters. The Labute approximate surface area is 105 Å². The zero-order chi connectivity index (χ0) is 13.0. The van der Waals surface area contributed by atoms with Crippen molar-refractivity contribution in [2.45, 2.75) is 18.9 Å². The van der Waals surface area contributed by atoms with Crippen molar-refractivity contribution < 1.29 is 14.6 Å². The molecule has 7 nitrogen and oxygen atoms in total. The molecule has 7 heteroatoms. The minimum Gasteiger partial charge on any atom is -0.394 e. The Balaban J connectivity index is 1.86. The molecule has 2 heterocycles. The lowest BCUT2D eigenvalue weighted by Gasteiger charge is -2.31. The molecule has 1 aliphatic heterocycles. The highest BCUT2D eigenvalue weighted by atomic mass is 16.5. The van der Waals surface area contributed by atoms with E-state index in [1.165, 1.54) is 6.20 Å². The average Bonchev–Trinajstić information content (AvgIpc) is 2.82. The molecule has 4 N–H and O–H groups in total. The van der Waals surface area contributed by atoms with Crippen LogP contribution in [-0.4, -0.2) is 58.5 Å². The molecule has 100 valence electrons. The van der Waals surface area contributed by atoms with Gasteiger partial charge in [-0.2, -0.15) is 5.10 Å². The molecule has 2 rings (SSSR count). The third-order valence-electron chi connectivity index (χ3n) is 3.07. The van der Waals surface area contributed by atoms with E-state index in [0.29, 0.717) is 31.1 Å². The van der Waals surface area contributed by atoms with Gasteiger partial charge in [0, 0.05) is 13.1 Å². The summed E-state index contributed by atoms with van der Waals surface area (Å²) >= 11 is 0. The van der Waals surface area contributed by atoms with Crippen molar-refractivity contribution in [3.8, 4) is 0 Å². The lowest BCUT2D eigenvalue weighted by atomic mass is 10.1. The van der Waals surface area contributed by atoms with E-state index in [4.69, 9.17) is 15.6 Å². The smallest absolute Gasteiger partial charge is 0.259 e. The summed E-state index contributed by atoms with van der Waals surface area (Å²) in [4.78, 5) is 13.9. The number of aromatic amines is 1. The number of hydrogen-bond donors (Lipinski definition) is 3. The van der Waals surface area contributed by atoms with Crippen LogP contribution < -0.4 is 5.73 Å². The lowest BCUT2D eigenvalue weighted by molar-refractivity contribution is -0.00552. The first-order valence-electron chi connectivity index (χ1n) is 6.03. The topological polar surface area (TPSA) is 104 Å². The molecule has 0 radical (unpaired) electrons. The van der Waals surface area contributed by atoms with Crippen molar-refractivity contribution in [2.24, 2.45) is 0 Å². The molecule has 1 saturated heterocycles. The SMILES string of the molecule is Nc1[nH]ncc1C(=O)N1CCC(OCCO)CC1. The number of H-pyrrole nitrogens is 1. The number of aromatic nitrogens is 2. The van der Waals surface area contributed by atoms with Crippen molar-refractivity contribution in [3.05, 3.63) is 11.8 Å². The summed E-state index contributed by atoms with van der Waals surface area (Å²) in [5.74, 6) is 0.209. The second-order valence-corrected chi connectivity index (χ2v) is 4.28. The molecular weight excluding hydrogens is 236 g/mol. The first-order valence-corrected chi connectivity index (χ1v) is 6.03. The number of ether oxygens (including phenoxy) is 1. The van der Waals surface area contributed by atoms with Crippen molar-refractivity contribution in [1.29, 1.82) is 0 Å². The molecule has 0 spiro atoms. The van der Waals surface area contributed by atoms with Crippen molar-refractivity contribution in [3.63, 3.8) is 0 Å². The number of aliphatic hydroxyl groups excluding tert-OH is 1. The van der Waals surface area contributed by atoms with Crippen LogP contribution in [0.4, 0.5) is 5.82 Å². The zero-order valence-electron chi connectivity index (χ0n) is 10.1. The van der Waals surface area contributed by atoms with Crippen LogP contribution in [0.2, 0.25) is 0 Å². The normalized spacial score (nSPS) is 17.1. The van der Waals surface area contributed by atoms with E-state index in [0.717, 1.165) is 12.8 Å². The maximum atomic E-state index is 12.1. The van der Waals surface area contributed by atoms with E-state index in [1.807, 2.05) is 0 Å². The Kier molecular flexibility index (Phi) is 4.16. The molecule has 0 saturated carbocycles. The van der Waals surface area contributed by atoms with Gasteiger partial charge in [-0.3, -0.25) is 9.89 Å². The van der Waals surface area contributed by atoms with Crippen molar-refractivity contribution in [1.82, 2.24) is 15.1 Å². The number of carbonyl (C=O) groups excluding carboxylic acids is 1. The van der Waals surface area contributed by atoms with E-state index >= 15 is 0 Å². The molecular formula is C11H18N4O3. The van der Waals surface area contributed by atoms with E-state index in [1.54, 1.807) is 4.90 Å². The number of nitrogens with one attached hydrogen (secondary N) is 1. The number of aliphatic hydroxyl groups is 1. The molecule has 0 bridgehead atoms. The molecule has 18 heavy (non-hydrogen) atoms. The Morgan fingerprint density at radius 3 is 2.89 bits per heavy atom. The highest BCUT2D eigenvalue weighted by Crippen LogP contribution is 2.17. The number of nitrogens with zero attached hydrogens (tertiary/aromatic N) is 2. The highest BCUT2D eigenvalue weighted by molar-refractivity contribution is 5.98. The number of hydrogen-bond acceptors (Lipinski definition) is 5.